The Morgan fingerprint density at radius 2 is 1.85 bits per heavy atom. The van der Waals surface area contributed by atoms with Crippen LogP contribution in [0.4, 0.5) is 0 Å². The summed E-state index contributed by atoms with van der Waals surface area (Å²) < 4.78 is 4.71. The normalized spacial score (nSPS) is 10.7. The van der Waals surface area contributed by atoms with Crippen molar-refractivity contribution in [1.82, 2.24) is 0 Å². The van der Waals surface area contributed by atoms with Crippen molar-refractivity contribution in [2.75, 3.05) is 6.61 Å². The lowest BCUT2D eigenvalue weighted by Crippen LogP contribution is -2.21. The van der Waals surface area contributed by atoms with Crippen LogP contribution in [0.1, 0.15) is 20.8 Å². The first-order chi connectivity index (χ1) is 5.74. The smallest absolute Gasteiger partial charge is 0.344 e. The maximum absolute atomic E-state index is 10.9. The lowest BCUT2D eigenvalue weighted by Gasteiger charge is -2.17. The fraction of sp³-hybridized carbons (Fsp3) is 0.556. The average Bonchev–Trinajstić information content (AvgIpc) is 1.97. The van der Waals surface area contributed by atoms with Crippen LogP contribution in [0.5, 0.6) is 0 Å². The summed E-state index contributed by atoms with van der Waals surface area (Å²) in [5, 5.41) is 8.38. The summed E-state index contributed by atoms with van der Waals surface area (Å²) in [5.74, 6) is -2.22. The number of carboxylic acid groups (broad SMARTS) is 1. The largest absolute Gasteiger partial charge is 0.477 e. The number of carbonyl (C=O) groups is 2. The Morgan fingerprint density at radius 1 is 1.38 bits per heavy atom. The Kier molecular flexibility index (Phi) is 3.66. The highest BCUT2D eigenvalue weighted by atomic mass is 16.5. The van der Waals surface area contributed by atoms with Gasteiger partial charge in [0.15, 0.2) is 0 Å². The van der Waals surface area contributed by atoms with Crippen molar-refractivity contribution in [1.29, 1.82) is 0 Å². The number of rotatable bonds is 3. The number of ether oxygens (including phenoxy) is 1. The molecule has 0 amide bonds. The fourth-order valence-corrected chi connectivity index (χ4v) is 0.456. The van der Waals surface area contributed by atoms with Crippen molar-refractivity contribution in [3.05, 3.63) is 12.2 Å². The standard InChI is InChI=1S/C9H14O4/c1-6(7(10)11)8(12)13-5-9(2,3)4/h1,5H2,2-4H3,(H,10,11). The van der Waals surface area contributed by atoms with Crippen LogP contribution in [0.3, 0.4) is 0 Å². The van der Waals surface area contributed by atoms with Gasteiger partial charge in [-0.1, -0.05) is 27.4 Å². The minimum absolute atomic E-state index is 0.172. The molecule has 13 heavy (non-hydrogen) atoms. The van der Waals surface area contributed by atoms with Crippen LogP contribution in [0.15, 0.2) is 12.2 Å². The van der Waals surface area contributed by atoms with Gasteiger partial charge in [0.2, 0.25) is 0 Å². The molecule has 74 valence electrons. The molecule has 4 nitrogen and oxygen atoms in total. The fourth-order valence-electron chi connectivity index (χ4n) is 0.456. The first-order valence-electron chi connectivity index (χ1n) is 3.83. The summed E-state index contributed by atoms with van der Waals surface area (Å²) in [4.78, 5) is 21.2. The third-order valence-electron chi connectivity index (χ3n) is 1.14. The molecule has 0 aromatic rings. The van der Waals surface area contributed by atoms with Crippen LogP contribution in [0, 0.1) is 5.41 Å². The molecule has 0 aliphatic rings. The van der Waals surface area contributed by atoms with Gasteiger partial charge in [-0.2, -0.15) is 0 Å². The maximum atomic E-state index is 10.9. The van der Waals surface area contributed by atoms with Gasteiger partial charge in [-0.25, -0.2) is 9.59 Å². The molecule has 0 saturated heterocycles. The molecule has 1 N–H and O–H groups in total. The van der Waals surface area contributed by atoms with E-state index in [-0.39, 0.29) is 12.0 Å². The summed E-state index contributed by atoms with van der Waals surface area (Å²) in [6.45, 7) is 8.90. The van der Waals surface area contributed by atoms with Crippen LogP contribution < -0.4 is 0 Å². The quantitative estimate of drug-likeness (QED) is 0.311. The van der Waals surface area contributed by atoms with E-state index >= 15 is 0 Å². The molecule has 0 bridgehead atoms. The van der Waals surface area contributed by atoms with Gasteiger partial charge in [0.25, 0.3) is 0 Å². The second-order valence-electron chi connectivity index (χ2n) is 3.92. The van der Waals surface area contributed by atoms with Gasteiger partial charge in [-0.05, 0) is 5.41 Å². The molecule has 0 unspecified atom stereocenters. The Hall–Kier alpha value is -1.32. The van der Waals surface area contributed by atoms with Gasteiger partial charge in [0, 0.05) is 0 Å². The molecule has 0 aromatic carbocycles. The van der Waals surface area contributed by atoms with Crippen molar-refractivity contribution in [2.45, 2.75) is 20.8 Å². The molecular formula is C9H14O4. The third-order valence-corrected chi connectivity index (χ3v) is 1.14. The van der Waals surface area contributed by atoms with Crippen molar-refractivity contribution in [3.8, 4) is 0 Å². The minimum Gasteiger partial charge on any atom is -0.477 e. The summed E-state index contributed by atoms with van der Waals surface area (Å²) in [6, 6.07) is 0. The van der Waals surface area contributed by atoms with Gasteiger partial charge >= 0.3 is 11.9 Å². The summed E-state index contributed by atoms with van der Waals surface area (Å²) in [5.41, 5.74) is -0.710. The predicted octanol–water partition coefficient (Wildman–Crippen LogP) is 1.22. The molecule has 0 aromatic heterocycles. The van der Waals surface area contributed by atoms with Gasteiger partial charge in [-0.15, -0.1) is 0 Å². The molecule has 0 spiro atoms. The van der Waals surface area contributed by atoms with Gasteiger partial charge in [0.1, 0.15) is 5.57 Å². The SMILES string of the molecule is C=C(C(=O)O)C(=O)OCC(C)(C)C. The highest BCUT2D eigenvalue weighted by Crippen LogP contribution is 2.13. The van der Waals surface area contributed by atoms with Crippen LogP contribution in [-0.2, 0) is 14.3 Å². The molecule has 0 rings (SSSR count). The van der Waals surface area contributed by atoms with Crippen LogP contribution in [0.25, 0.3) is 0 Å². The van der Waals surface area contributed by atoms with Gasteiger partial charge in [0.05, 0.1) is 6.61 Å². The second kappa shape index (κ2) is 4.07. The number of aliphatic carboxylic acids is 1. The second-order valence-corrected chi connectivity index (χ2v) is 3.92. The number of carboxylic acids is 1. The topological polar surface area (TPSA) is 63.6 Å². The summed E-state index contributed by atoms with van der Waals surface area (Å²) in [7, 11) is 0. The molecule has 0 heterocycles. The monoisotopic (exact) mass is 186 g/mol. The van der Waals surface area contributed by atoms with E-state index in [1.165, 1.54) is 0 Å². The molecule has 0 fully saturated rings. The van der Waals surface area contributed by atoms with E-state index < -0.39 is 17.5 Å². The number of carbonyl (C=O) groups excluding carboxylic acids is 1. The average molecular weight is 186 g/mol. The maximum Gasteiger partial charge on any atom is 0.344 e. The zero-order chi connectivity index (χ0) is 10.6. The van der Waals surface area contributed by atoms with E-state index in [2.05, 4.69) is 6.58 Å². The van der Waals surface area contributed by atoms with Crippen molar-refractivity contribution in [3.63, 3.8) is 0 Å². The van der Waals surface area contributed by atoms with Gasteiger partial charge < -0.3 is 9.84 Å². The zero-order valence-corrected chi connectivity index (χ0v) is 8.09. The Labute approximate surface area is 77.2 Å². The number of esters is 1. The highest BCUT2D eigenvalue weighted by molar-refractivity contribution is 6.12. The third kappa shape index (κ3) is 5.00. The lowest BCUT2D eigenvalue weighted by atomic mass is 9.99. The van der Waals surface area contributed by atoms with Crippen LogP contribution in [0.2, 0.25) is 0 Å². The van der Waals surface area contributed by atoms with Crippen molar-refractivity contribution >= 4 is 11.9 Å². The Balaban J connectivity index is 4.04. The Bertz CT molecular complexity index is 234. The highest BCUT2D eigenvalue weighted by Gasteiger charge is 2.19. The molecule has 0 aliphatic heterocycles. The number of hydrogen-bond acceptors (Lipinski definition) is 3. The first kappa shape index (κ1) is 11.7. The lowest BCUT2D eigenvalue weighted by molar-refractivity contribution is -0.146. The van der Waals surface area contributed by atoms with E-state index in [4.69, 9.17) is 9.84 Å². The van der Waals surface area contributed by atoms with E-state index in [1.54, 1.807) is 0 Å². The molecule has 0 radical (unpaired) electrons. The van der Waals surface area contributed by atoms with E-state index in [1.807, 2.05) is 20.8 Å². The minimum atomic E-state index is -1.35. The summed E-state index contributed by atoms with van der Waals surface area (Å²) in [6.07, 6.45) is 0. The Morgan fingerprint density at radius 3 is 2.15 bits per heavy atom. The predicted molar refractivity (Wildman–Crippen MR) is 47.2 cm³/mol. The van der Waals surface area contributed by atoms with Gasteiger partial charge in [-0.3, -0.25) is 0 Å². The zero-order valence-electron chi connectivity index (χ0n) is 8.09. The molecule has 0 atom stereocenters. The first-order valence-corrected chi connectivity index (χ1v) is 3.83. The molecule has 0 aliphatic carbocycles. The molecule has 4 heteroatoms. The number of hydrogen-bond donors (Lipinski definition) is 1. The van der Waals surface area contributed by atoms with Crippen LogP contribution >= 0.6 is 0 Å². The van der Waals surface area contributed by atoms with Crippen molar-refractivity contribution in [2.24, 2.45) is 5.41 Å². The molecule has 0 saturated carbocycles. The molecular weight excluding hydrogens is 172 g/mol. The van der Waals surface area contributed by atoms with Crippen molar-refractivity contribution < 1.29 is 19.4 Å². The van der Waals surface area contributed by atoms with E-state index in [9.17, 15) is 9.59 Å². The van der Waals surface area contributed by atoms with E-state index in [0.717, 1.165) is 0 Å². The summed E-state index contributed by atoms with van der Waals surface area (Å²) >= 11 is 0. The van der Waals surface area contributed by atoms with Crippen LogP contribution in [-0.4, -0.2) is 23.7 Å². The van der Waals surface area contributed by atoms with E-state index in [0.29, 0.717) is 0 Å².